The SMILES string of the molecule is Cn1cccc1C(=O)N1CCN(c2nccn3nc4c(c23)CCCC4)CC1. The number of anilines is 1. The first-order valence-electron chi connectivity index (χ1n) is 9.73. The number of hydrogen-bond donors (Lipinski definition) is 0. The largest absolute Gasteiger partial charge is 0.351 e. The summed E-state index contributed by atoms with van der Waals surface area (Å²) in [6.07, 6.45) is 10.3. The summed E-state index contributed by atoms with van der Waals surface area (Å²) >= 11 is 0. The smallest absolute Gasteiger partial charge is 0.270 e. The molecular weight excluding hydrogens is 340 g/mol. The van der Waals surface area contributed by atoms with E-state index in [0.717, 1.165) is 43.0 Å². The van der Waals surface area contributed by atoms with Crippen LogP contribution >= 0.6 is 0 Å². The van der Waals surface area contributed by atoms with Gasteiger partial charge in [-0.15, -0.1) is 0 Å². The van der Waals surface area contributed by atoms with Gasteiger partial charge in [0.1, 0.15) is 11.2 Å². The summed E-state index contributed by atoms with van der Waals surface area (Å²) in [7, 11) is 1.91. The van der Waals surface area contributed by atoms with Gasteiger partial charge in [0.05, 0.1) is 5.69 Å². The molecule has 3 aromatic rings. The van der Waals surface area contributed by atoms with E-state index in [0.29, 0.717) is 13.1 Å². The number of aryl methyl sites for hydroxylation is 3. The normalized spacial score (nSPS) is 17.4. The number of piperazine rings is 1. The van der Waals surface area contributed by atoms with E-state index in [1.165, 1.54) is 24.1 Å². The van der Waals surface area contributed by atoms with Crippen molar-refractivity contribution < 1.29 is 4.79 Å². The number of carbonyl (C=O) groups is 1. The molecule has 140 valence electrons. The summed E-state index contributed by atoms with van der Waals surface area (Å²) in [5.41, 5.74) is 4.50. The van der Waals surface area contributed by atoms with E-state index >= 15 is 0 Å². The molecule has 0 saturated carbocycles. The number of fused-ring (bicyclic) bond motifs is 3. The van der Waals surface area contributed by atoms with Crippen molar-refractivity contribution in [3.05, 3.63) is 47.7 Å². The number of hydrogen-bond acceptors (Lipinski definition) is 4. The molecule has 5 rings (SSSR count). The Kier molecular flexibility index (Phi) is 3.88. The van der Waals surface area contributed by atoms with Gasteiger partial charge in [0.15, 0.2) is 5.82 Å². The summed E-state index contributed by atoms with van der Waals surface area (Å²) in [5.74, 6) is 1.12. The molecule has 3 aromatic heterocycles. The molecule has 1 aliphatic heterocycles. The zero-order valence-corrected chi connectivity index (χ0v) is 15.6. The van der Waals surface area contributed by atoms with Crippen LogP contribution in [0.2, 0.25) is 0 Å². The third-order valence-corrected chi connectivity index (χ3v) is 5.83. The molecule has 1 aliphatic carbocycles. The molecule has 1 fully saturated rings. The van der Waals surface area contributed by atoms with Crippen LogP contribution in [-0.4, -0.2) is 56.2 Å². The number of carbonyl (C=O) groups excluding carboxylic acids is 1. The van der Waals surface area contributed by atoms with Crippen LogP contribution in [0.15, 0.2) is 30.7 Å². The minimum Gasteiger partial charge on any atom is -0.351 e. The van der Waals surface area contributed by atoms with Crippen LogP contribution in [-0.2, 0) is 19.9 Å². The van der Waals surface area contributed by atoms with Gasteiger partial charge in [-0.1, -0.05) is 0 Å². The molecule has 0 unspecified atom stereocenters. The van der Waals surface area contributed by atoms with Gasteiger partial charge in [0, 0.05) is 57.4 Å². The first-order chi connectivity index (χ1) is 13.2. The molecule has 0 radical (unpaired) electrons. The van der Waals surface area contributed by atoms with E-state index < -0.39 is 0 Å². The van der Waals surface area contributed by atoms with Crippen molar-refractivity contribution >= 4 is 17.2 Å². The van der Waals surface area contributed by atoms with Gasteiger partial charge in [-0.05, 0) is 37.8 Å². The second-order valence-corrected chi connectivity index (χ2v) is 7.46. The van der Waals surface area contributed by atoms with Gasteiger partial charge in [0.25, 0.3) is 5.91 Å². The highest BCUT2D eigenvalue weighted by Crippen LogP contribution is 2.30. The van der Waals surface area contributed by atoms with Crippen LogP contribution in [0.3, 0.4) is 0 Å². The molecule has 4 heterocycles. The van der Waals surface area contributed by atoms with Crippen molar-refractivity contribution in [2.45, 2.75) is 25.7 Å². The van der Waals surface area contributed by atoms with E-state index in [1.807, 2.05) is 51.8 Å². The Morgan fingerprint density at radius 1 is 1.07 bits per heavy atom. The summed E-state index contributed by atoms with van der Waals surface area (Å²) in [4.78, 5) is 21.7. The zero-order valence-electron chi connectivity index (χ0n) is 15.6. The molecule has 0 N–H and O–H groups in total. The average Bonchev–Trinajstić information content (AvgIpc) is 3.30. The van der Waals surface area contributed by atoms with Crippen molar-refractivity contribution in [2.24, 2.45) is 7.05 Å². The lowest BCUT2D eigenvalue weighted by Gasteiger charge is -2.35. The Hall–Kier alpha value is -2.83. The fourth-order valence-corrected chi connectivity index (χ4v) is 4.34. The maximum Gasteiger partial charge on any atom is 0.270 e. The number of amides is 1. The standard InChI is InChI=1S/C20H24N6O/c1-23-9-4-7-17(23)20(27)25-13-11-24(12-14-25)19-18-15-5-2-3-6-16(15)22-26(18)10-8-21-19/h4,7-10H,2-3,5-6,11-14H2,1H3. The number of nitrogens with zero attached hydrogens (tertiary/aromatic N) is 6. The predicted molar refractivity (Wildman–Crippen MR) is 103 cm³/mol. The molecule has 7 nitrogen and oxygen atoms in total. The highest BCUT2D eigenvalue weighted by molar-refractivity contribution is 5.93. The number of aromatic nitrogens is 4. The first-order valence-corrected chi connectivity index (χ1v) is 9.73. The van der Waals surface area contributed by atoms with Crippen molar-refractivity contribution in [1.82, 2.24) is 24.1 Å². The minimum absolute atomic E-state index is 0.107. The third kappa shape index (κ3) is 2.69. The molecule has 27 heavy (non-hydrogen) atoms. The van der Waals surface area contributed by atoms with Crippen LogP contribution in [0.1, 0.15) is 34.6 Å². The Morgan fingerprint density at radius 2 is 1.89 bits per heavy atom. The highest BCUT2D eigenvalue weighted by atomic mass is 16.2. The molecule has 0 spiro atoms. The maximum absolute atomic E-state index is 12.7. The van der Waals surface area contributed by atoms with Crippen molar-refractivity contribution in [3.8, 4) is 0 Å². The average molecular weight is 364 g/mol. The molecule has 0 aromatic carbocycles. The van der Waals surface area contributed by atoms with Crippen LogP contribution in [0.25, 0.3) is 5.52 Å². The van der Waals surface area contributed by atoms with Gasteiger partial charge < -0.3 is 14.4 Å². The lowest BCUT2D eigenvalue weighted by atomic mass is 9.97. The lowest BCUT2D eigenvalue weighted by Crippen LogP contribution is -2.49. The second-order valence-electron chi connectivity index (χ2n) is 7.46. The van der Waals surface area contributed by atoms with Gasteiger partial charge >= 0.3 is 0 Å². The quantitative estimate of drug-likeness (QED) is 0.697. The zero-order chi connectivity index (χ0) is 18.4. The fraction of sp³-hybridized carbons (Fsp3) is 0.450. The van der Waals surface area contributed by atoms with Crippen molar-refractivity contribution in [3.63, 3.8) is 0 Å². The number of rotatable bonds is 2. The summed E-state index contributed by atoms with van der Waals surface area (Å²) in [6, 6.07) is 3.80. The van der Waals surface area contributed by atoms with Crippen LogP contribution in [0.4, 0.5) is 5.82 Å². The third-order valence-electron chi connectivity index (χ3n) is 5.83. The Bertz CT molecular complexity index is 995. The van der Waals surface area contributed by atoms with Crippen LogP contribution in [0, 0.1) is 0 Å². The van der Waals surface area contributed by atoms with Gasteiger partial charge in [-0.2, -0.15) is 5.10 Å². The van der Waals surface area contributed by atoms with Gasteiger partial charge in [-0.25, -0.2) is 9.50 Å². The van der Waals surface area contributed by atoms with Crippen LogP contribution < -0.4 is 4.90 Å². The van der Waals surface area contributed by atoms with Gasteiger partial charge in [0.2, 0.25) is 0 Å². The molecular formula is C20H24N6O. The van der Waals surface area contributed by atoms with Gasteiger partial charge in [-0.3, -0.25) is 4.79 Å². The summed E-state index contributed by atoms with van der Waals surface area (Å²) in [5, 5.41) is 4.78. The summed E-state index contributed by atoms with van der Waals surface area (Å²) in [6.45, 7) is 3.01. The van der Waals surface area contributed by atoms with E-state index in [2.05, 4.69) is 4.90 Å². The summed E-state index contributed by atoms with van der Waals surface area (Å²) < 4.78 is 3.88. The van der Waals surface area contributed by atoms with Crippen molar-refractivity contribution in [1.29, 1.82) is 0 Å². The highest BCUT2D eigenvalue weighted by Gasteiger charge is 2.27. The fourth-order valence-electron chi connectivity index (χ4n) is 4.34. The minimum atomic E-state index is 0.107. The lowest BCUT2D eigenvalue weighted by molar-refractivity contribution is 0.0737. The van der Waals surface area contributed by atoms with Crippen LogP contribution in [0.5, 0.6) is 0 Å². The Morgan fingerprint density at radius 3 is 2.67 bits per heavy atom. The van der Waals surface area contributed by atoms with E-state index in [-0.39, 0.29) is 5.91 Å². The molecule has 0 bridgehead atoms. The maximum atomic E-state index is 12.7. The van der Waals surface area contributed by atoms with E-state index in [1.54, 1.807) is 0 Å². The predicted octanol–water partition coefficient (Wildman–Crippen LogP) is 1.91. The topological polar surface area (TPSA) is 58.7 Å². The Balaban J connectivity index is 1.39. The van der Waals surface area contributed by atoms with E-state index in [9.17, 15) is 4.79 Å². The monoisotopic (exact) mass is 364 g/mol. The second kappa shape index (κ2) is 6.40. The molecule has 7 heteroatoms. The molecule has 2 aliphatic rings. The van der Waals surface area contributed by atoms with E-state index in [4.69, 9.17) is 10.1 Å². The van der Waals surface area contributed by atoms with Crippen molar-refractivity contribution in [2.75, 3.05) is 31.1 Å². The molecule has 1 saturated heterocycles. The first kappa shape index (κ1) is 16.4. The molecule has 1 amide bonds. The Labute approximate surface area is 158 Å². The molecule has 0 atom stereocenters.